The van der Waals surface area contributed by atoms with Gasteiger partial charge in [0.1, 0.15) is 0 Å². The van der Waals surface area contributed by atoms with Crippen LogP contribution in [-0.4, -0.2) is 22.5 Å². The Hall–Kier alpha value is -2.25. The molecule has 0 aliphatic heterocycles. The van der Waals surface area contributed by atoms with Gasteiger partial charge >= 0.3 is 6.18 Å². The van der Waals surface area contributed by atoms with Gasteiger partial charge in [-0.05, 0) is 25.5 Å². The maximum atomic E-state index is 12.9. The number of alkyl halides is 3. The summed E-state index contributed by atoms with van der Waals surface area (Å²) in [6.45, 7) is 3.10. The van der Waals surface area contributed by atoms with Crippen molar-refractivity contribution < 1.29 is 23.2 Å². The average Bonchev–Trinajstić information content (AvgIpc) is 2.45. The zero-order valence-corrected chi connectivity index (χ0v) is 11.5. The summed E-state index contributed by atoms with van der Waals surface area (Å²) in [5.74, 6) is -1.23. The molecule has 0 fully saturated rings. The summed E-state index contributed by atoms with van der Waals surface area (Å²) in [4.78, 5) is 12.1. The van der Waals surface area contributed by atoms with E-state index < -0.39 is 28.7 Å². The zero-order chi connectivity index (χ0) is 16.3. The fourth-order valence-electron chi connectivity index (χ4n) is 1.69. The number of halogens is 3. The molecule has 0 spiro atoms. The lowest BCUT2D eigenvalue weighted by atomic mass is 9.96. The van der Waals surface area contributed by atoms with Crippen molar-refractivity contribution in [3.05, 3.63) is 35.4 Å². The third-order valence-electron chi connectivity index (χ3n) is 3.25. The normalized spacial score (nSPS) is 15.4. The van der Waals surface area contributed by atoms with E-state index in [9.17, 15) is 18.0 Å². The number of carbonyl (C=O) groups is 1. The number of nitrogens with two attached hydrogens (primary N) is 1. The Morgan fingerprint density at radius 1 is 1.38 bits per heavy atom. The number of benzene rings is 1. The molecule has 1 atom stereocenters. The second-order valence-electron chi connectivity index (χ2n) is 4.67. The Kier molecular flexibility index (Phi) is 4.82. The fourth-order valence-corrected chi connectivity index (χ4v) is 1.69. The highest BCUT2D eigenvalue weighted by Gasteiger charge is 2.37. The second kappa shape index (κ2) is 6.02. The molecular formula is C13H16F3N3O2. The van der Waals surface area contributed by atoms with Crippen LogP contribution < -0.4 is 11.1 Å². The number of carbonyl (C=O) groups excluding carboxylic acids is 1. The first-order valence-corrected chi connectivity index (χ1v) is 6.12. The van der Waals surface area contributed by atoms with Gasteiger partial charge in [-0.3, -0.25) is 4.79 Å². The molecule has 1 amide bonds. The summed E-state index contributed by atoms with van der Waals surface area (Å²) >= 11 is 0. The average molecular weight is 303 g/mol. The molecule has 8 heteroatoms. The number of amidine groups is 1. The van der Waals surface area contributed by atoms with Gasteiger partial charge in [0, 0.05) is 0 Å². The van der Waals surface area contributed by atoms with Crippen LogP contribution in [0.3, 0.4) is 0 Å². The lowest BCUT2D eigenvalue weighted by Gasteiger charge is -2.28. The van der Waals surface area contributed by atoms with Crippen LogP contribution in [0.15, 0.2) is 29.4 Å². The third-order valence-corrected chi connectivity index (χ3v) is 3.25. The third kappa shape index (κ3) is 3.65. The molecular weight excluding hydrogens is 287 g/mol. The monoisotopic (exact) mass is 303 g/mol. The lowest BCUT2D eigenvalue weighted by Crippen LogP contribution is -2.55. The number of hydrogen-bond acceptors (Lipinski definition) is 3. The van der Waals surface area contributed by atoms with Crippen LogP contribution in [0.25, 0.3) is 0 Å². The number of oxime groups is 1. The Balaban J connectivity index is 3.17. The summed E-state index contributed by atoms with van der Waals surface area (Å²) in [6, 6.07) is 4.42. The van der Waals surface area contributed by atoms with E-state index in [1.165, 1.54) is 19.1 Å². The predicted octanol–water partition coefficient (Wildman–Crippen LogP) is 2.35. The molecule has 5 nitrogen and oxygen atoms in total. The Morgan fingerprint density at radius 2 is 1.95 bits per heavy atom. The van der Waals surface area contributed by atoms with Gasteiger partial charge in [-0.2, -0.15) is 13.2 Å². The summed E-state index contributed by atoms with van der Waals surface area (Å²) in [5, 5.41) is 13.9. The quantitative estimate of drug-likeness (QED) is 0.345. The van der Waals surface area contributed by atoms with E-state index in [0.717, 1.165) is 12.1 Å². The molecule has 1 aromatic carbocycles. The van der Waals surface area contributed by atoms with Gasteiger partial charge in [-0.15, -0.1) is 0 Å². The van der Waals surface area contributed by atoms with E-state index in [1.807, 2.05) is 0 Å². The van der Waals surface area contributed by atoms with Crippen molar-refractivity contribution in [3.63, 3.8) is 0 Å². The smallest absolute Gasteiger partial charge is 0.409 e. The van der Waals surface area contributed by atoms with Gasteiger partial charge in [0.15, 0.2) is 5.84 Å². The fraction of sp³-hybridized carbons (Fsp3) is 0.385. The van der Waals surface area contributed by atoms with Gasteiger partial charge in [0.25, 0.3) is 5.91 Å². The number of nitrogens with zero attached hydrogens (tertiary/aromatic N) is 1. The maximum Gasteiger partial charge on any atom is 0.417 e. The van der Waals surface area contributed by atoms with Crippen LogP contribution in [0.4, 0.5) is 13.2 Å². The van der Waals surface area contributed by atoms with Crippen LogP contribution in [0, 0.1) is 0 Å². The molecule has 0 radical (unpaired) electrons. The Bertz CT molecular complexity index is 558. The van der Waals surface area contributed by atoms with E-state index in [1.54, 1.807) is 6.92 Å². The molecule has 116 valence electrons. The molecule has 0 aliphatic rings. The highest BCUT2D eigenvalue weighted by molar-refractivity contribution is 6.01. The minimum atomic E-state index is -4.65. The summed E-state index contributed by atoms with van der Waals surface area (Å²) in [5.41, 5.74) is 2.67. The van der Waals surface area contributed by atoms with E-state index in [2.05, 4.69) is 10.5 Å². The van der Waals surface area contributed by atoms with Crippen LogP contribution >= 0.6 is 0 Å². The lowest BCUT2D eigenvalue weighted by molar-refractivity contribution is -0.137. The first kappa shape index (κ1) is 16.8. The van der Waals surface area contributed by atoms with E-state index in [4.69, 9.17) is 10.9 Å². The van der Waals surface area contributed by atoms with Crippen LogP contribution in [0.5, 0.6) is 0 Å². The zero-order valence-electron chi connectivity index (χ0n) is 11.5. The molecule has 1 unspecified atom stereocenters. The topological polar surface area (TPSA) is 87.7 Å². The largest absolute Gasteiger partial charge is 0.417 e. The van der Waals surface area contributed by atoms with Crippen molar-refractivity contribution in [1.82, 2.24) is 5.32 Å². The predicted molar refractivity (Wildman–Crippen MR) is 71.0 cm³/mol. The first-order chi connectivity index (χ1) is 9.65. The summed E-state index contributed by atoms with van der Waals surface area (Å²) < 4.78 is 38.6. The Morgan fingerprint density at radius 3 is 2.43 bits per heavy atom. The molecule has 1 aromatic rings. The van der Waals surface area contributed by atoms with E-state index >= 15 is 0 Å². The number of rotatable bonds is 4. The van der Waals surface area contributed by atoms with Crippen molar-refractivity contribution in [1.29, 1.82) is 0 Å². The van der Waals surface area contributed by atoms with E-state index in [0.29, 0.717) is 0 Å². The molecule has 0 aliphatic carbocycles. The standard InChI is InChI=1S/C13H16F3N3O2/c1-3-12(2,11(17)19-21)18-10(20)8-6-4-5-7-9(8)13(14,15)16/h4-7,21H,3H2,1-2H3,(H2,17,19)(H,18,20). The van der Waals surface area contributed by atoms with Crippen LogP contribution in [0.1, 0.15) is 36.2 Å². The summed E-state index contributed by atoms with van der Waals surface area (Å²) in [7, 11) is 0. The number of amides is 1. The molecule has 21 heavy (non-hydrogen) atoms. The van der Waals surface area contributed by atoms with Crippen LogP contribution in [-0.2, 0) is 6.18 Å². The molecule has 0 bridgehead atoms. The van der Waals surface area contributed by atoms with Gasteiger partial charge < -0.3 is 16.3 Å². The van der Waals surface area contributed by atoms with Gasteiger partial charge in [0.05, 0.1) is 16.7 Å². The van der Waals surface area contributed by atoms with Crippen molar-refractivity contribution >= 4 is 11.7 Å². The van der Waals surface area contributed by atoms with Crippen molar-refractivity contribution in [3.8, 4) is 0 Å². The Labute approximate surface area is 119 Å². The molecule has 0 saturated heterocycles. The van der Waals surface area contributed by atoms with Crippen molar-refractivity contribution in [2.75, 3.05) is 0 Å². The van der Waals surface area contributed by atoms with Crippen LogP contribution in [0.2, 0.25) is 0 Å². The molecule has 0 heterocycles. The molecule has 0 saturated carbocycles. The molecule has 1 rings (SSSR count). The maximum absolute atomic E-state index is 12.9. The van der Waals surface area contributed by atoms with Crippen molar-refractivity contribution in [2.45, 2.75) is 32.0 Å². The van der Waals surface area contributed by atoms with E-state index in [-0.39, 0.29) is 12.3 Å². The summed E-state index contributed by atoms with van der Waals surface area (Å²) in [6.07, 6.45) is -4.41. The van der Waals surface area contributed by atoms with Gasteiger partial charge in [-0.1, -0.05) is 24.2 Å². The minimum absolute atomic E-state index is 0.239. The SMILES string of the molecule is CCC(C)(NC(=O)c1ccccc1C(F)(F)F)/C(N)=N/O. The highest BCUT2D eigenvalue weighted by atomic mass is 19.4. The molecule has 0 aromatic heterocycles. The van der Waals surface area contributed by atoms with Crippen molar-refractivity contribution in [2.24, 2.45) is 10.9 Å². The first-order valence-electron chi connectivity index (χ1n) is 6.12. The van der Waals surface area contributed by atoms with Gasteiger partial charge in [0.2, 0.25) is 0 Å². The van der Waals surface area contributed by atoms with Gasteiger partial charge in [-0.25, -0.2) is 0 Å². The molecule has 4 N–H and O–H groups in total. The number of nitrogens with one attached hydrogen (secondary N) is 1. The minimum Gasteiger partial charge on any atom is -0.409 e. The second-order valence-corrected chi connectivity index (χ2v) is 4.67. The highest BCUT2D eigenvalue weighted by Crippen LogP contribution is 2.32. The number of hydrogen-bond donors (Lipinski definition) is 3.